The Hall–Kier alpha value is -3.01. The van der Waals surface area contributed by atoms with E-state index in [0.717, 1.165) is 6.42 Å². The zero-order chi connectivity index (χ0) is 17.7. The average Bonchev–Trinajstić information content (AvgIpc) is 3.19. The van der Waals surface area contributed by atoms with Gasteiger partial charge in [-0.2, -0.15) is 5.26 Å². The van der Waals surface area contributed by atoms with Crippen LogP contribution >= 0.6 is 0 Å². The fraction of sp³-hybridized carbons (Fsp3) is 0.353. The first-order valence-electron chi connectivity index (χ1n) is 7.61. The van der Waals surface area contributed by atoms with E-state index in [-0.39, 0.29) is 34.7 Å². The number of esters is 1. The summed E-state index contributed by atoms with van der Waals surface area (Å²) < 4.78 is 12.1. The second-order valence-corrected chi connectivity index (χ2v) is 5.37. The predicted molar refractivity (Wildman–Crippen MR) is 85.7 cm³/mol. The molecule has 2 rings (SSSR count). The molecule has 1 atom stereocenters. The van der Waals surface area contributed by atoms with E-state index in [0.29, 0.717) is 0 Å². The van der Waals surface area contributed by atoms with Gasteiger partial charge in [-0.25, -0.2) is 4.79 Å². The minimum absolute atomic E-state index is 0.00174. The minimum Gasteiger partial charge on any atom is -0.452 e. The first-order valence-corrected chi connectivity index (χ1v) is 7.61. The number of carbonyl (C=O) groups is 2. The smallest absolute Gasteiger partial charge is 0.343 e. The highest BCUT2D eigenvalue weighted by atomic mass is 16.5. The molecule has 0 unspecified atom stereocenters. The third-order valence-corrected chi connectivity index (χ3v) is 3.57. The van der Waals surface area contributed by atoms with Gasteiger partial charge in [0, 0.05) is 18.4 Å². The molecule has 0 fully saturated rings. The second-order valence-electron chi connectivity index (χ2n) is 5.37. The molecule has 0 spiro atoms. The van der Waals surface area contributed by atoms with E-state index in [2.05, 4.69) is 5.32 Å². The van der Waals surface area contributed by atoms with Gasteiger partial charge in [-0.15, -0.1) is 0 Å². The Kier molecular flexibility index (Phi) is 5.42. The van der Waals surface area contributed by atoms with E-state index in [4.69, 9.17) is 9.15 Å². The van der Waals surface area contributed by atoms with Crippen LogP contribution in [-0.4, -0.2) is 29.1 Å². The maximum Gasteiger partial charge on any atom is 0.343 e. The Morgan fingerprint density at radius 1 is 1.42 bits per heavy atom. The van der Waals surface area contributed by atoms with Crippen LogP contribution < -0.4 is 5.32 Å². The van der Waals surface area contributed by atoms with Gasteiger partial charge in [-0.05, 0) is 32.4 Å². The van der Waals surface area contributed by atoms with Gasteiger partial charge in [0.25, 0.3) is 5.91 Å². The van der Waals surface area contributed by atoms with Crippen molar-refractivity contribution in [2.24, 2.45) is 0 Å². The van der Waals surface area contributed by atoms with Crippen LogP contribution in [0.25, 0.3) is 5.88 Å². The molecule has 0 aliphatic heterocycles. The Balaban J connectivity index is 2.16. The van der Waals surface area contributed by atoms with Gasteiger partial charge in [-0.1, -0.05) is 6.92 Å². The van der Waals surface area contributed by atoms with E-state index in [1.807, 2.05) is 19.9 Å². The first kappa shape index (κ1) is 17.3. The van der Waals surface area contributed by atoms with Gasteiger partial charge in [0.05, 0.1) is 0 Å². The number of nitrogens with one attached hydrogen (secondary N) is 1. The lowest BCUT2D eigenvalue weighted by Crippen LogP contribution is -2.35. The quantitative estimate of drug-likeness (QED) is 0.820. The molecule has 24 heavy (non-hydrogen) atoms. The van der Waals surface area contributed by atoms with Crippen LogP contribution in [0.3, 0.4) is 0 Å². The Labute approximate surface area is 139 Å². The fourth-order valence-electron chi connectivity index (χ4n) is 2.15. The van der Waals surface area contributed by atoms with Gasteiger partial charge in [0.2, 0.25) is 5.88 Å². The number of aryl methyl sites for hydroxylation is 1. The largest absolute Gasteiger partial charge is 0.452 e. The molecule has 0 saturated heterocycles. The van der Waals surface area contributed by atoms with Crippen molar-refractivity contribution in [2.75, 3.05) is 6.61 Å². The van der Waals surface area contributed by atoms with Gasteiger partial charge in [-0.3, -0.25) is 9.36 Å². The number of ether oxygens (including phenoxy) is 1. The van der Waals surface area contributed by atoms with Crippen molar-refractivity contribution in [1.82, 2.24) is 9.88 Å². The van der Waals surface area contributed by atoms with Gasteiger partial charge < -0.3 is 14.5 Å². The van der Waals surface area contributed by atoms with Crippen molar-refractivity contribution in [3.63, 3.8) is 0 Å². The monoisotopic (exact) mass is 329 g/mol. The number of furan rings is 1. The highest BCUT2D eigenvalue weighted by Gasteiger charge is 2.26. The number of hydrogen-bond donors (Lipinski definition) is 1. The highest BCUT2D eigenvalue weighted by Crippen LogP contribution is 2.26. The van der Waals surface area contributed by atoms with Crippen LogP contribution in [0.15, 0.2) is 28.9 Å². The molecule has 2 heterocycles. The zero-order valence-electron chi connectivity index (χ0n) is 13.8. The van der Waals surface area contributed by atoms with E-state index in [9.17, 15) is 14.9 Å². The molecular formula is C17H19N3O4. The number of rotatable bonds is 6. The summed E-state index contributed by atoms with van der Waals surface area (Å²) >= 11 is 0. The molecule has 0 radical (unpaired) electrons. The Morgan fingerprint density at radius 3 is 2.67 bits per heavy atom. The first-order chi connectivity index (χ1) is 11.5. The third kappa shape index (κ3) is 3.66. The normalized spacial score (nSPS) is 11.6. The van der Waals surface area contributed by atoms with E-state index < -0.39 is 12.6 Å². The molecule has 2 aromatic rings. The van der Waals surface area contributed by atoms with Crippen LogP contribution in [0.5, 0.6) is 0 Å². The molecule has 1 amide bonds. The maximum atomic E-state index is 12.3. The van der Waals surface area contributed by atoms with E-state index in [1.54, 1.807) is 36.0 Å². The molecule has 7 heteroatoms. The zero-order valence-corrected chi connectivity index (χ0v) is 13.8. The molecule has 1 N–H and O–H groups in total. The molecule has 0 aromatic carbocycles. The van der Waals surface area contributed by atoms with Crippen LogP contribution in [0.4, 0.5) is 0 Å². The van der Waals surface area contributed by atoms with Crippen molar-refractivity contribution >= 4 is 11.9 Å². The van der Waals surface area contributed by atoms with Crippen molar-refractivity contribution in [2.45, 2.75) is 33.2 Å². The third-order valence-electron chi connectivity index (χ3n) is 3.57. The number of nitriles is 1. The molecule has 7 nitrogen and oxygen atoms in total. The molecule has 2 aromatic heterocycles. The molecule has 0 bridgehead atoms. The predicted octanol–water partition coefficient (Wildman–Crippen LogP) is 2.32. The number of aromatic nitrogens is 1. The molecule has 126 valence electrons. The number of carbonyl (C=O) groups excluding carboxylic acids is 2. The molecule has 0 aliphatic rings. The lowest BCUT2D eigenvalue weighted by molar-refractivity contribution is -0.124. The summed E-state index contributed by atoms with van der Waals surface area (Å²) in [6.07, 6.45) is 4.18. The maximum absolute atomic E-state index is 12.3. The summed E-state index contributed by atoms with van der Waals surface area (Å²) in [6, 6.07) is 5.52. The molecule has 0 aliphatic carbocycles. The van der Waals surface area contributed by atoms with Crippen LogP contribution in [-0.2, 0) is 9.53 Å². The Bertz CT molecular complexity index is 769. The average molecular weight is 329 g/mol. The Morgan fingerprint density at radius 2 is 2.08 bits per heavy atom. The lowest BCUT2D eigenvalue weighted by Gasteiger charge is -2.11. The summed E-state index contributed by atoms with van der Waals surface area (Å²) in [4.78, 5) is 24.0. The summed E-state index contributed by atoms with van der Waals surface area (Å²) in [6.45, 7) is 4.96. The van der Waals surface area contributed by atoms with Crippen LogP contribution in [0.2, 0.25) is 0 Å². The second kappa shape index (κ2) is 7.51. The summed E-state index contributed by atoms with van der Waals surface area (Å²) in [5.41, 5.74) is 0.119. The fourth-order valence-corrected chi connectivity index (χ4v) is 2.15. The standard InChI is InChI=1S/C17H19N3O4/c1-4-11(2)19-14(21)10-23-17(22)15-12(3)24-16(13(15)9-18)20-7-5-6-8-20/h5-8,11H,4,10H2,1-3H3,(H,19,21)/t11-/m0/s1. The summed E-state index contributed by atoms with van der Waals surface area (Å²) in [5.74, 6) is -0.632. The number of nitrogens with zero attached hydrogens (tertiary/aromatic N) is 2. The van der Waals surface area contributed by atoms with Crippen molar-refractivity contribution in [1.29, 1.82) is 5.26 Å². The van der Waals surface area contributed by atoms with Gasteiger partial charge in [0.1, 0.15) is 23.0 Å². The minimum atomic E-state index is -0.759. The van der Waals surface area contributed by atoms with Crippen LogP contribution in [0, 0.1) is 18.3 Å². The molecular weight excluding hydrogens is 310 g/mol. The topological polar surface area (TPSA) is 97.3 Å². The van der Waals surface area contributed by atoms with Gasteiger partial charge in [0.15, 0.2) is 6.61 Å². The van der Waals surface area contributed by atoms with Crippen molar-refractivity contribution in [3.05, 3.63) is 41.4 Å². The highest BCUT2D eigenvalue weighted by molar-refractivity contribution is 5.95. The SMILES string of the molecule is CC[C@H](C)NC(=O)COC(=O)c1c(C)oc(-n2cccc2)c1C#N. The van der Waals surface area contributed by atoms with Gasteiger partial charge >= 0.3 is 5.97 Å². The summed E-state index contributed by atoms with van der Waals surface area (Å²) in [5, 5.41) is 12.1. The number of hydrogen-bond acceptors (Lipinski definition) is 5. The van der Waals surface area contributed by atoms with Crippen molar-refractivity contribution < 1.29 is 18.7 Å². The van der Waals surface area contributed by atoms with E-state index >= 15 is 0 Å². The van der Waals surface area contributed by atoms with E-state index in [1.165, 1.54) is 0 Å². The number of amides is 1. The lowest BCUT2D eigenvalue weighted by atomic mass is 10.1. The summed E-state index contributed by atoms with van der Waals surface area (Å²) in [7, 11) is 0. The van der Waals surface area contributed by atoms with Crippen LogP contribution in [0.1, 0.15) is 41.9 Å². The van der Waals surface area contributed by atoms with Crippen molar-refractivity contribution in [3.8, 4) is 12.0 Å². The molecule has 0 saturated carbocycles.